The summed E-state index contributed by atoms with van der Waals surface area (Å²) in [6, 6.07) is 15.5. The van der Waals surface area contributed by atoms with Gasteiger partial charge < -0.3 is 0 Å². The van der Waals surface area contributed by atoms with E-state index in [2.05, 4.69) is 5.32 Å². The number of phenols is 1. The van der Waals surface area contributed by atoms with Crippen molar-refractivity contribution in [3.05, 3.63) is 77.4 Å². The molecule has 0 aromatic heterocycles. The van der Waals surface area contributed by atoms with Crippen LogP contribution in [-0.2, 0) is 25.1 Å². The van der Waals surface area contributed by atoms with Crippen molar-refractivity contribution >= 4 is 36.1 Å². The fourth-order valence-electron chi connectivity index (χ4n) is 3.48. The molecule has 0 radical (unpaired) electrons. The number of hydrogen-bond donors (Lipinski definition) is 3. The van der Waals surface area contributed by atoms with Gasteiger partial charge in [-0.05, 0) is 0 Å². The second kappa shape index (κ2) is 11.2. The molecule has 3 rings (SSSR count). The van der Waals surface area contributed by atoms with Gasteiger partial charge in [0.1, 0.15) is 0 Å². The van der Waals surface area contributed by atoms with Gasteiger partial charge >= 0.3 is 206 Å². The van der Waals surface area contributed by atoms with Gasteiger partial charge in [0.2, 0.25) is 0 Å². The van der Waals surface area contributed by atoms with E-state index in [4.69, 9.17) is 13.2 Å². The Labute approximate surface area is 205 Å². The van der Waals surface area contributed by atoms with Gasteiger partial charge in [0.05, 0.1) is 0 Å². The molecule has 184 valence electrons. The van der Waals surface area contributed by atoms with Crippen molar-refractivity contribution in [3.63, 3.8) is 0 Å². The second-order valence-corrected chi connectivity index (χ2v) is 11.2. The Balaban J connectivity index is 1.77. The van der Waals surface area contributed by atoms with Gasteiger partial charge in [-0.15, -0.1) is 0 Å². The number of amides is 1. The molecule has 0 fully saturated rings. The number of carbonyl (C=O) groups is 2. The first kappa shape index (κ1) is 25.9. The zero-order valence-corrected chi connectivity index (χ0v) is 21.4. The molecule has 3 aromatic rings. The molecule has 0 heterocycles. The molecule has 1 amide bonds. The van der Waals surface area contributed by atoms with Crippen LogP contribution in [0.2, 0.25) is 0 Å². The summed E-state index contributed by atoms with van der Waals surface area (Å²) in [7, 11) is 3.17. The van der Waals surface area contributed by atoms with Crippen molar-refractivity contribution in [2.24, 2.45) is 0 Å². The van der Waals surface area contributed by atoms with Gasteiger partial charge in [-0.1, -0.05) is 0 Å². The molecule has 0 saturated heterocycles. The Morgan fingerprint density at radius 1 is 0.971 bits per heavy atom. The van der Waals surface area contributed by atoms with Gasteiger partial charge in [-0.3, -0.25) is 0 Å². The number of rotatable bonds is 9. The van der Waals surface area contributed by atoms with Crippen LogP contribution in [-0.4, -0.2) is 49.5 Å². The average Bonchev–Trinajstić information content (AvgIpc) is 2.81. The normalized spacial score (nSPS) is 12.3. The third kappa shape index (κ3) is 6.68. The molecule has 1 unspecified atom stereocenters. The SMILES string of the molecule is COc1ccc(OC)c(CCc2cccc(C(=O)O[As](=O)(O)c3ccc(O)cc3NC(C)=O)c2)c1. The topological polar surface area (TPSA) is 131 Å². The van der Waals surface area contributed by atoms with E-state index in [1.165, 1.54) is 19.1 Å². The summed E-state index contributed by atoms with van der Waals surface area (Å²) in [5.41, 5.74) is 1.75. The van der Waals surface area contributed by atoms with Gasteiger partial charge in [0, 0.05) is 0 Å². The first-order valence-corrected chi connectivity index (χ1v) is 13.9. The molecule has 35 heavy (non-hydrogen) atoms. The molecule has 0 bridgehead atoms. The first-order valence-electron chi connectivity index (χ1n) is 10.6. The van der Waals surface area contributed by atoms with Gasteiger partial charge in [0.15, 0.2) is 0 Å². The molecule has 0 aliphatic carbocycles. The minimum absolute atomic E-state index is 0.101. The Hall–Kier alpha value is -3.68. The Bertz CT molecular complexity index is 1290. The molecule has 0 aliphatic rings. The number of aromatic hydroxyl groups is 1. The molecular formula is C25H26AsNO8. The van der Waals surface area contributed by atoms with Crippen LogP contribution in [0.15, 0.2) is 60.7 Å². The summed E-state index contributed by atoms with van der Waals surface area (Å²) in [5.74, 6) is -0.294. The standard InChI is InChI=1S/C25H26AsNO8/c1-16(28)27-23-15-20(29)9-11-22(23)26(31,32)35-25(30)19-6-4-5-17(13-19)7-8-18-14-21(33-2)10-12-24(18)34-3/h4-6,9-15,29H,7-8H2,1-3H3,(H,27,28)(H,31,32). The van der Waals surface area contributed by atoms with Crippen LogP contribution in [0, 0.1) is 0 Å². The van der Waals surface area contributed by atoms with Crippen LogP contribution in [0.3, 0.4) is 0 Å². The number of phenolic OH excluding ortho intramolecular Hbond substituents is 1. The number of aryl methyl sites for hydroxylation is 2. The van der Waals surface area contributed by atoms with E-state index in [1.807, 2.05) is 18.2 Å². The summed E-state index contributed by atoms with van der Waals surface area (Å²) < 4.78 is 38.9. The van der Waals surface area contributed by atoms with Crippen LogP contribution in [0.4, 0.5) is 5.69 Å². The summed E-state index contributed by atoms with van der Waals surface area (Å²) in [6.45, 7) is 1.21. The van der Waals surface area contributed by atoms with E-state index in [0.717, 1.165) is 23.3 Å². The zero-order chi connectivity index (χ0) is 25.6. The van der Waals surface area contributed by atoms with Crippen LogP contribution in [0.5, 0.6) is 17.2 Å². The molecular weight excluding hydrogens is 517 g/mol. The number of hydrogen-bond acceptors (Lipinski definition) is 7. The predicted molar refractivity (Wildman–Crippen MR) is 130 cm³/mol. The van der Waals surface area contributed by atoms with Crippen molar-refractivity contribution in [3.8, 4) is 17.2 Å². The maximum absolute atomic E-state index is 13.0. The fraction of sp³-hybridized carbons (Fsp3) is 0.200. The number of methoxy groups -OCH3 is 2. The van der Waals surface area contributed by atoms with E-state index in [1.54, 1.807) is 32.4 Å². The molecule has 0 spiro atoms. The third-order valence-electron chi connectivity index (χ3n) is 5.14. The van der Waals surface area contributed by atoms with Gasteiger partial charge in [-0.25, -0.2) is 0 Å². The number of anilines is 1. The summed E-state index contributed by atoms with van der Waals surface area (Å²) in [6.07, 6.45) is 1.17. The third-order valence-corrected chi connectivity index (χ3v) is 8.10. The molecule has 0 saturated carbocycles. The first-order chi connectivity index (χ1) is 16.6. The molecule has 10 heteroatoms. The van der Waals surface area contributed by atoms with Gasteiger partial charge in [-0.2, -0.15) is 0 Å². The summed E-state index contributed by atoms with van der Waals surface area (Å²) in [4.78, 5) is 24.2. The van der Waals surface area contributed by atoms with Gasteiger partial charge in [0.25, 0.3) is 0 Å². The van der Waals surface area contributed by atoms with E-state index in [-0.39, 0.29) is 21.4 Å². The second-order valence-electron chi connectivity index (χ2n) is 7.66. The number of benzene rings is 3. The Morgan fingerprint density at radius 3 is 2.43 bits per heavy atom. The monoisotopic (exact) mass is 543 g/mol. The van der Waals surface area contributed by atoms with Crippen LogP contribution < -0.4 is 19.1 Å². The zero-order valence-electron chi connectivity index (χ0n) is 19.5. The van der Waals surface area contributed by atoms with Crippen LogP contribution in [0.1, 0.15) is 28.4 Å². The van der Waals surface area contributed by atoms with E-state index in [0.29, 0.717) is 24.3 Å². The van der Waals surface area contributed by atoms with Crippen molar-refractivity contribution in [2.75, 3.05) is 19.5 Å². The van der Waals surface area contributed by atoms with E-state index in [9.17, 15) is 22.5 Å². The fourth-order valence-corrected chi connectivity index (χ4v) is 5.83. The molecule has 9 nitrogen and oxygen atoms in total. The van der Waals surface area contributed by atoms with Crippen molar-refractivity contribution < 1.29 is 35.7 Å². The average molecular weight is 543 g/mol. The van der Waals surface area contributed by atoms with E-state index >= 15 is 0 Å². The number of nitrogens with one attached hydrogen (secondary N) is 1. The van der Waals surface area contributed by atoms with Crippen LogP contribution in [0.25, 0.3) is 0 Å². The summed E-state index contributed by atoms with van der Waals surface area (Å²) in [5, 5.41) is 12.0. The minimum atomic E-state index is -5.43. The number of ether oxygens (including phenoxy) is 2. The molecule has 3 aromatic carbocycles. The summed E-state index contributed by atoms with van der Waals surface area (Å²) >= 11 is -5.43. The Morgan fingerprint density at radius 2 is 1.74 bits per heavy atom. The quantitative estimate of drug-likeness (QED) is 0.351. The molecule has 1 atom stereocenters. The van der Waals surface area contributed by atoms with Crippen LogP contribution >= 0.6 is 0 Å². The number of carbonyl (C=O) groups excluding carboxylic acids is 2. The maximum atomic E-state index is 13.0. The Kier molecular flexibility index (Phi) is 8.27. The van der Waals surface area contributed by atoms with Crippen molar-refractivity contribution in [1.29, 1.82) is 0 Å². The molecule has 3 N–H and O–H groups in total. The molecule has 0 aliphatic heterocycles. The predicted octanol–water partition coefficient (Wildman–Crippen LogP) is 2.58. The van der Waals surface area contributed by atoms with Crippen molar-refractivity contribution in [2.45, 2.75) is 19.8 Å². The van der Waals surface area contributed by atoms with Crippen molar-refractivity contribution in [1.82, 2.24) is 0 Å². The van der Waals surface area contributed by atoms with E-state index < -0.39 is 26.0 Å².